The van der Waals surface area contributed by atoms with Gasteiger partial charge < -0.3 is 11.1 Å². The number of carbonyl (C=O) groups excluding carboxylic acids is 2. The molecule has 0 aliphatic heterocycles. The van der Waals surface area contributed by atoms with E-state index >= 15 is 0 Å². The van der Waals surface area contributed by atoms with Gasteiger partial charge in [0.05, 0.1) is 40.0 Å². The van der Waals surface area contributed by atoms with Crippen LogP contribution < -0.4 is 11.1 Å². The normalized spacial score (nSPS) is 12.1. The molecule has 4 aromatic rings. The number of nitrogens with one attached hydrogen (secondary N) is 1. The number of amides is 2. The zero-order valence-electron chi connectivity index (χ0n) is 22.2. The third-order valence-electron chi connectivity index (χ3n) is 6.86. The van der Waals surface area contributed by atoms with Crippen LogP contribution in [0.3, 0.4) is 0 Å². The average Bonchev–Trinajstić information content (AvgIpc) is 3.38. The number of aromatic nitrogens is 2. The largest absolute Gasteiger partial charge is 0.364 e. The Morgan fingerprint density at radius 2 is 1.71 bits per heavy atom. The number of hydrogen-bond donors (Lipinski definition) is 2. The van der Waals surface area contributed by atoms with E-state index < -0.39 is 15.9 Å². The van der Waals surface area contributed by atoms with Gasteiger partial charge in [-0.2, -0.15) is 9.40 Å². The van der Waals surface area contributed by atoms with Crippen LogP contribution >= 0.6 is 11.6 Å². The van der Waals surface area contributed by atoms with Gasteiger partial charge in [-0.15, -0.1) is 12.8 Å². The van der Waals surface area contributed by atoms with Gasteiger partial charge in [0.1, 0.15) is 0 Å². The second-order valence-corrected chi connectivity index (χ2v) is 11.8. The number of nitrogens with zero attached hydrogens (tertiary/aromatic N) is 3. The fourth-order valence-electron chi connectivity index (χ4n) is 4.88. The number of hydrogen-bond acceptors (Lipinski definition) is 5. The number of rotatable bonds is 8. The second-order valence-electron chi connectivity index (χ2n) is 9.43. The minimum absolute atomic E-state index is 0.00197. The van der Waals surface area contributed by atoms with Gasteiger partial charge in [-0.05, 0) is 66.9 Å². The number of carbonyl (C=O) groups is 2. The number of aryl methyl sites for hydroxylation is 1. The number of halogens is 1. The van der Waals surface area contributed by atoms with E-state index in [1.165, 1.54) is 12.1 Å². The van der Waals surface area contributed by atoms with E-state index in [0.29, 0.717) is 46.1 Å². The monoisotopic (exact) mass is 597 g/mol. The van der Waals surface area contributed by atoms with E-state index in [2.05, 4.69) is 22.3 Å². The highest BCUT2D eigenvalue weighted by atomic mass is 35.5. The maximum atomic E-state index is 13.1. The second kappa shape index (κ2) is 11.6. The molecule has 0 saturated heterocycles. The summed E-state index contributed by atoms with van der Waals surface area (Å²) in [6, 6.07) is 18.2. The number of anilines is 1. The van der Waals surface area contributed by atoms with Crippen molar-refractivity contribution < 1.29 is 18.0 Å². The van der Waals surface area contributed by atoms with E-state index in [1.54, 1.807) is 53.2 Å². The summed E-state index contributed by atoms with van der Waals surface area (Å²) in [5.41, 5.74) is 10.2. The quantitative estimate of drug-likeness (QED) is 0.298. The summed E-state index contributed by atoms with van der Waals surface area (Å²) in [6.45, 7) is -0.343. The van der Waals surface area contributed by atoms with Crippen molar-refractivity contribution in [2.24, 2.45) is 5.73 Å². The lowest BCUT2D eigenvalue weighted by Crippen LogP contribution is -2.31. The first-order valence-corrected chi connectivity index (χ1v) is 14.6. The van der Waals surface area contributed by atoms with Crippen LogP contribution in [-0.2, 0) is 22.9 Å². The number of primary amides is 1. The first-order chi connectivity index (χ1) is 20.1. The number of nitrogens with two attached hydrogens (primary N) is 1. The third kappa shape index (κ3) is 5.27. The molecule has 0 radical (unpaired) electrons. The molecule has 0 atom stereocenters. The van der Waals surface area contributed by atoms with Gasteiger partial charge in [0, 0.05) is 16.8 Å². The third-order valence-corrected chi connectivity index (χ3v) is 8.99. The smallest absolute Gasteiger partial charge is 0.269 e. The molecule has 0 fully saturated rings. The van der Waals surface area contributed by atoms with Crippen LogP contribution in [0, 0.1) is 24.7 Å². The zero-order chi connectivity index (χ0) is 30.0. The van der Waals surface area contributed by atoms with E-state index in [4.69, 9.17) is 30.2 Å². The first kappa shape index (κ1) is 28.7. The SMILES string of the molecule is C#CCN(CC#C)S(=O)(=O)c1ccc(-n2nc(C(N)=O)c3c2-c2cc(NC(=O)c4ccccc4Cl)ccc2CC3)cc1. The lowest BCUT2D eigenvalue weighted by atomic mass is 9.88. The van der Waals surface area contributed by atoms with Gasteiger partial charge in [0.2, 0.25) is 10.0 Å². The lowest BCUT2D eigenvalue weighted by Gasteiger charge is -2.20. The Kier molecular flexibility index (Phi) is 7.88. The summed E-state index contributed by atoms with van der Waals surface area (Å²) in [7, 11) is -3.95. The van der Waals surface area contributed by atoms with Crippen molar-refractivity contribution in [1.82, 2.24) is 14.1 Å². The molecule has 9 nitrogen and oxygen atoms in total. The van der Waals surface area contributed by atoms with Gasteiger partial charge in [-0.25, -0.2) is 13.1 Å². The van der Waals surface area contributed by atoms with Gasteiger partial charge in [-0.3, -0.25) is 9.59 Å². The standard InChI is InChI=1S/C31H24ClN5O4S/c1-3-17-36(18-4-2)42(40,41)23-14-12-22(13-15-23)37-29-25(28(35-37)30(33)38)16-10-20-9-11-21(19-26(20)29)34-31(39)24-7-5-6-8-27(24)32/h1-2,5-9,11-15,19H,10,16-18H2,(H2,33,38)(H,34,39). The summed E-state index contributed by atoms with van der Waals surface area (Å²) in [4.78, 5) is 25.3. The van der Waals surface area contributed by atoms with Crippen molar-refractivity contribution in [2.75, 3.05) is 18.4 Å². The molecule has 11 heteroatoms. The lowest BCUT2D eigenvalue weighted by molar-refractivity contribution is 0.0992. The first-order valence-electron chi connectivity index (χ1n) is 12.7. The van der Waals surface area contributed by atoms with E-state index in [-0.39, 0.29) is 29.6 Å². The van der Waals surface area contributed by atoms with Gasteiger partial charge in [0.25, 0.3) is 11.8 Å². The van der Waals surface area contributed by atoms with Crippen LogP contribution in [0.5, 0.6) is 0 Å². The van der Waals surface area contributed by atoms with Crippen LogP contribution in [-0.4, -0.2) is 47.4 Å². The van der Waals surface area contributed by atoms with Crippen molar-refractivity contribution in [3.63, 3.8) is 0 Å². The Morgan fingerprint density at radius 3 is 2.36 bits per heavy atom. The molecule has 1 aliphatic carbocycles. The van der Waals surface area contributed by atoms with Crippen LogP contribution in [0.25, 0.3) is 16.9 Å². The van der Waals surface area contributed by atoms with E-state index in [9.17, 15) is 18.0 Å². The molecule has 0 unspecified atom stereocenters. The molecule has 42 heavy (non-hydrogen) atoms. The predicted molar refractivity (Wildman–Crippen MR) is 161 cm³/mol. The zero-order valence-corrected chi connectivity index (χ0v) is 23.7. The Labute approximate surface area is 248 Å². The maximum Gasteiger partial charge on any atom is 0.269 e. The van der Waals surface area contributed by atoms with Crippen molar-refractivity contribution in [1.29, 1.82) is 0 Å². The molecule has 2 amide bonds. The summed E-state index contributed by atoms with van der Waals surface area (Å²) >= 11 is 6.20. The number of benzene rings is 3. The molecule has 1 heterocycles. The molecule has 0 spiro atoms. The average molecular weight is 598 g/mol. The topological polar surface area (TPSA) is 127 Å². The van der Waals surface area contributed by atoms with Gasteiger partial charge in [-0.1, -0.05) is 41.6 Å². The van der Waals surface area contributed by atoms with Crippen molar-refractivity contribution in [3.8, 4) is 41.6 Å². The van der Waals surface area contributed by atoms with Crippen LogP contribution in [0.15, 0.2) is 71.6 Å². The minimum Gasteiger partial charge on any atom is -0.364 e. The Hall–Kier alpha value is -4.87. The fourth-order valence-corrected chi connectivity index (χ4v) is 6.37. The van der Waals surface area contributed by atoms with Crippen molar-refractivity contribution >= 4 is 39.1 Å². The Morgan fingerprint density at radius 1 is 1.02 bits per heavy atom. The molecule has 3 N–H and O–H groups in total. The molecule has 5 rings (SSSR count). The summed E-state index contributed by atoms with van der Waals surface area (Å²) in [5.74, 6) is 3.57. The minimum atomic E-state index is -3.95. The molecule has 210 valence electrons. The Balaban J connectivity index is 1.56. The molecule has 3 aromatic carbocycles. The molecular formula is C31H24ClN5O4S. The van der Waals surface area contributed by atoms with Gasteiger partial charge >= 0.3 is 0 Å². The van der Waals surface area contributed by atoms with Crippen LogP contribution in [0.4, 0.5) is 5.69 Å². The van der Waals surface area contributed by atoms with Crippen molar-refractivity contribution in [3.05, 3.63) is 94.1 Å². The van der Waals surface area contributed by atoms with Crippen LogP contribution in [0.1, 0.15) is 32.0 Å². The fraction of sp³-hybridized carbons (Fsp3) is 0.129. The van der Waals surface area contributed by atoms with Gasteiger partial charge in [0.15, 0.2) is 5.69 Å². The van der Waals surface area contributed by atoms with E-state index in [0.717, 1.165) is 15.4 Å². The molecule has 1 aliphatic rings. The van der Waals surface area contributed by atoms with Crippen LogP contribution in [0.2, 0.25) is 5.02 Å². The highest BCUT2D eigenvalue weighted by Crippen LogP contribution is 2.38. The summed E-state index contributed by atoms with van der Waals surface area (Å²) in [6.07, 6.45) is 11.8. The number of fused-ring (bicyclic) bond motifs is 3. The van der Waals surface area contributed by atoms with E-state index in [1.807, 2.05) is 6.07 Å². The molecular weight excluding hydrogens is 574 g/mol. The molecule has 0 bridgehead atoms. The highest BCUT2D eigenvalue weighted by Gasteiger charge is 2.29. The summed E-state index contributed by atoms with van der Waals surface area (Å²) in [5, 5.41) is 7.73. The number of sulfonamides is 1. The molecule has 0 saturated carbocycles. The summed E-state index contributed by atoms with van der Waals surface area (Å²) < 4.78 is 28.8. The highest BCUT2D eigenvalue weighted by molar-refractivity contribution is 7.89. The van der Waals surface area contributed by atoms with Crippen molar-refractivity contribution in [2.45, 2.75) is 17.7 Å². The maximum absolute atomic E-state index is 13.1. The predicted octanol–water partition coefficient (Wildman–Crippen LogP) is 3.90. The number of terminal acetylenes is 2. The molecule has 1 aromatic heterocycles. The Bertz CT molecular complexity index is 1900.